The van der Waals surface area contributed by atoms with Crippen molar-refractivity contribution in [3.8, 4) is 0 Å². The third-order valence-corrected chi connectivity index (χ3v) is 13.0. The number of ether oxygens (including phenoxy) is 7. The lowest BCUT2D eigenvalue weighted by Crippen LogP contribution is -2.44. The van der Waals surface area contributed by atoms with E-state index in [2.05, 4.69) is 26.8 Å². The van der Waals surface area contributed by atoms with Gasteiger partial charge in [-0.05, 0) is 103 Å². The van der Waals surface area contributed by atoms with Gasteiger partial charge in [0.05, 0.1) is 49.3 Å². The van der Waals surface area contributed by atoms with E-state index in [1.807, 2.05) is 45.9 Å². The molecule has 0 aromatic rings. The number of carbonyl (C=O) groups excluding carboxylic acids is 2. The summed E-state index contributed by atoms with van der Waals surface area (Å²) in [6.07, 6.45) is 17.3. The standard InChI is InChI=1S/C49H85NO11/c1-32-22-23-33(2)43(58-13)27-25-35(4)48(53)38(7)45(61-49(54)42(31-55-10)50(8)9)19-15-14-16-21-46(51)60-44(20-17-18-39(28-32)56-11)37(6)47(52)34(3)24-26-40-30-41(57-12)29-36(5)59-40/h14-18,21,23,32,34-45,47-48,52-53H,19-20,22,24-31H2,1-13H3/b15-14+,18-17+,21-16+,33-23+/t32-,34+,35-,36+,37-,38-,39+,40+,41-,42+,43+,44+,45?,47+,48-/m1/s1. The minimum absolute atomic E-state index is 0.0592. The number of aliphatic hydroxyl groups excluding tert-OH is 2. The van der Waals surface area contributed by atoms with Gasteiger partial charge in [0.1, 0.15) is 18.2 Å². The van der Waals surface area contributed by atoms with E-state index in [0.29, 0.717) is 25.2 Å². The van der Waals surface area contributed by atoms with Crippen LogP contribution in [0, 0.1) is 29.6 Å². The Balaban J connectivity index is 2.40. The fraction of sp³-hybridized carbons (Fsp3) is 0.796. The van der Waals surface area contributed by atoms with E-state index in [9.17, 15) is 19.8 Å². The normalized spacial score (nSPS) is 35.3. The Kier molecular flexibility index (Phi) is 26.1. The van der Waals surface area contributed by atoms with Crippen molar-refractivity contribution in [2.45, 2.75) is 174 Å². The number of carbonyl (C=O) groups is 2. The molecule has 2 heterocycles. The van der Waals surface area contributed by atoms with Gasteiger partial charge < -0.3 is 43.4 Å². The highest BCUT2D eigenvalue weighted by Gasteiger charge is 2.34. The van der Waals surface area contributed by atoms with Crippen molar-refractivity contribution < 1.29 is 53.0 Å². The summed E-state index contributed by atoms with van der Waals surface area (Å²) in [5.41, 5.74) is 1.15. The molecule has 1 fully saturated rings. The van der Waals surface area contributed by atoms with Crippen molar-refractivity contribution in [3.05, 3.63) is 48.1 Å². The number of nitrogens with zero attached hydrogens (tertiary/aromatic N) is 1. The van der Waals surface area contributed by atoms with Crippen molar-refractivity contribution in [3.63, 3.8) is 0 Å². The van der Waals surface area contributed by atoms with E-state index in [1.54, 1.807) is 59.6 Å². The molecule has 12 heteroatoms. The van der Waals surface area contributed by atoms with Gasteiger partial charge in [-0.3, -0.25) is 9.69 Å². The molecule has 1 unspecified atom stereocenters. The van der Waals surface area contributed by atoms with Crippen LogP contribution in [0.25, 0.3) is 0 Å². The molecule has 2 aliphatic heterocycles. The molecule has 0 saturated carbocycles. The molecule has 0 amide bonds. The summed E-state index contributed by atoms with van der Waals surface area (Å²) >= 11 is 0. The maximum absolute atomic E-state index is 13.4. The average Bonchev–Trinajstić information content (AvgIpc) is 3.23. The quantitative estimate of drug-likeness (QED) is 0.131. The molecular formula is C49H85NO11. The fourth-order valence-corrected chi connectivity index (χ4v) is 8.59. The van der Waals surface area contributed by atoms with Crippen LogP contribution in [0.1, 0.15) is 113 Å². The highest BCUT2D eigenvalue weighted by Crippen LogP contribution is 2.30. The summed E-state index contributed by atoms with van der Waals surface area (Å²) in [6, 6.07) is -0.612. The Hall–Kier alpha value is -2.42. The Morgan fingerprint density at radius 2 is 1.66 bits per heavy atom. The molecule has 0 aromatic carbocycles. The molecule has 2 aliphatic rings. The van der Waals surface area contributed by atoms with E-state index in [1.165, 1.54) is 6.08 Å². The molecule has 61 heavy (non-hydrogen) atoms. The maximum Gasteiger partial charge on any atom is 0.331 e. The van der Waals surface area contributed by atoms with Crippen LogP contribution in [-0.2, 0) is 42.7 Å². The SMILES string of the molecule is COC[C@@H](C(=O)OC1C/C=C/C=C/C(=O)O[C@H]([C@@H](C)[C@@H](O)[C@@H](C)CC[C@H]2C[C@H](OC)C[C@H](C)O2)C/C=C/[C@H](OC)C[C@H](C)C/C=C(\C)[C@@H](OC)CC[C@@H](C)[C@@H](O)[C@@H]1C)N(C)C. The summed E-state index contributed by atoms with van der Waals surface area (Å²) in [6.45, 7) is 14.4. The van der Waals surface area contributed by atoms with Gasteiger partial charge in [0.2, 0.25) is 0 Å². The van der Waals surface area contributed by atoms with E-state index in [-0.39, 0.29) is 54.9 Å². The lowest BCUT2D eigenvalue weighted by Gasteiger charge is -2.35. The Morgan fingerprint density at radius 1 is 0.934 bits per heavy atom. The average molecular weight is 864 g/mol. The first kappa shape index (κ1) is 54.7. The van der Waals surface area contributed by atoms with Gasteiger partial charge in [-0.15, -0.1) is 0 Å². The lowest BCUT2D eigenvalue weighted by molar-refractivity contribution is -0.161. The molecule has 1 saturated heterocycles. The van der Waals surface area contributed by atoms with Gasteiger partial charge >= 0.3 is 11.9 Å². The smallest absolute Gasteiger partial charge is 0.331 e. The number of aliphatic hydroxyl groups is 2. The van der Waals surface area contributed by atoms with E-state index < -0.39 is 48.3 Å². The fourth-order valence-electron chi connectivity index (χ4n) is 8.59. The van der Waals surface area contributed by atoms with Gasteiger partial charge in [0.15, 0.2) is 0 Å². The predicted molar refractivity (Wildman–Crippen MR) is 241 cm³/mol. The van der Waals surface area contributed by atoms with Gasteiger partial charge in [0.25, 0.3) is 0 Å². The molecule has 2 N–H and O–H groups in total. The van der Waals surface area contributed by atoms with Crippen LogP contribution in [0.4, 0.5) is 0 Å². The Labute approximate surface area is 369 Å². The first-order valence-corrected chi connectivity index (χ1v) is 22.8. The number of hydrogen-bond donors (Lipinski definition) is 2. The van der Waals surface area contributed by atoms with Crippen LogP contribution < -0.4 is 0 Å². The topological polar surface area (TPSA) is 142 Å². The van der Waals surface area contributed by atoms with Crippen molar-refractivity contribution in [2.75, 3.05) is 49.1 Å². The largest absolute Gasteiger partial charge is 0.460 e. The monoisotopic (exact) mass is 864 g/mol. The van der Waals surface area contributed by atoms with Crippen LogP contribution in [0.15, 0.2) is 48.1 Å². The van der Waals surface area contributed by atoms with Crippen LogP contribution in [-0.4, -0.2) is 137 Å². The molecule has 0 aliphatic carbocycles. The lowest BCUT2D eigenvalue weighted by atomic mass is 9.84. The first-order valence-electron chi connectivity index (χ1n) is 22.8. The maximum atomic E-state index is 13.4. The second-order valence-corrected chi connectivity index (χ2v) is 18.3. The molecular weight excluding hydrogens is 779 g/mol. The van der Waals surface area contributed by atoms with Crippen molar-refractivity contribution in [1.82, 2.24) is 4.90 Å². The number of likely N-dealkylation sites (N-methyl/N-ethyl adjacent to an activating group) is 1. The van der Waals surface area contributed by atoms with Gasteiger partial charge in [-0.2, -0.15) is 0 Å². The van der Waals surface area contributed by atoms with Crippen molar-refractivity contribution in [1.29, 1.82) is 0 Å². The number of cyclic esters (lactones) is 1. The van der Waals surface area contributed by atoms with Gasteiger partial charge in [-0.1, -0.05) is 71.1 Å². The molecule has 15 atom stereocenters. The summed E-state index contributed by atoms with van der Waals surface area (Å²) in [5.74, 6) is -1.56. The van der Waals surface area contributed by atoms with Crippen molar-refractivity contribution in [2.24, 2.45) is 29.6 Å². The zero-order valence-corrected chi connectivity index (χ0v) is 40.0. The van der Waals surface area contributed by atoms with Crippen LogP contribution >= 0.6 is 0 Å². The van der Waals surface area contributed by atoms with Crippen LogP contribution in [0.2, 0.25) is 0 Å². The second-order valence-electron chi connectivity index (χ2n) is 18.3. The third-order valence-electron chi connectivity index (χ3n) is 13.0. The van der Waals surface area contributed by atoms with E-state index >= 15 is 0 Å². The summed E-state index contributed by atoms with van der Waals surface area (Å²) in [7, 11) is 10.3. The predicted octanol–water partition coefficient (Wildman–Crippen LogP) is 7.65. The Morgan fingerprint density at radius 3 is 2.30 bits per heavy atom. The molecule has 0 bridgehead atoms. The molecule has 0 aromatic heterocycles. The van der Waals surface area contributed by atoms with Crippen LogP contribution in [0.5, 0.6) is 0 Å². The molecule has 0 radical (unpaired) electrons. The second kappa shape index (κ2) is 29.1. The number of rotatable bonds is 14. The van der Waals surface area contributed by atoms with Gasteiger partial charge in [-0.25, -0.2) is 4.79 Å². The summed E-state index contributed by atoms with van der Waals surface area (Å²) in [4.78, 5) is 28.5. The zero-order valence-electron chi connectivity index (χ0n) is 40.0. The zero-order chi connectivity index (χ0) is 45.6. The number of methoxy groups -OCH3 is 4. The molecule has 352 valence electrons. The highest BCUT2D eigenvalue weighted by atomic mass is 16.6. The minimum atomic E-state index is -0.757. The van der Waals surface area contributed by atoms with Crippen LogP contribution in [0.3, 0.4) is 0 Å². The molecule has 12 nitrogen and oxygen atoms in total. The Bertz CT molecular complexity index is 1370. The van der Waals surface area contributed by atoms with E-state index in [0.717, 1.165) is 50.5 Å². The number of esters is 2. The first-order chi connectivity index (χ1) is 28.9. The van der Waals surface area contributed by atoms with Crippen molar-refractivity contribution >= 4 is 11.9 Å². The highest BCUT2D eigenvalue weighted by molar-refractivity contribution is 5.82. The number of hydrogen-bond acceptors (Lipinski definition) is 12. The van der Waals surface area contributed by atoms with E-state index in [4.69, 9.17) is 33.2 Å². The molecule has 0 spiro atoms. The third kappa shape index (κ3) is 19.5. The number of allylic oxidation sites excluding steroid dienone is 3. The summed E-state index contributed by atoms with van der Waals surface area (Å²) in [5, 5.41) is 23.3. The minimum Gasteiger partial charge on any atom is -0.460 e. The molecule has 2 rings (SSSR count). The van der Waals surface area contributed by atoms with Gasteiger partial charge in [0, 0.05) is 59.2 Å². The summed E-state index contributed by atoms with van der Waals surface area (Å²) < 4.78 is 41.1.